The van der Waals surface area contributed by atoms with E-state index in [1.165, 1.54) is 22.4 Å². The van der Waals surface area contributed by atoms with Gasteiger partial charge in [0.15, 0.2) is 0 Å². The van der Waals surface area contributed by atoms with Crippen molar-refractivity contribution in [3.8, 4) is 5.75 Å². The van der Waals surface area contributed by atoms with Gasteiger partial charge in [-0.3, -0.25) is 4.79 Å². The number of anilines is 1. The molecule has 0 unspecified atom stereocenters. The van der Waals surface area contributed by atoms with Crippen molar-refractivity contribution in [3.05, 3.63) is 45.8 Å². The summed E-state index contributed by atoms with van der Waals surface area (Å²) < 4.78 is 0. The summed E-state index contributed by atoms with van der Waals surface area (Å²) in [5.41, 5.74) is 3.92. The van der Waals surface area contributed by atoms with E-state index in [0.717, 1.165) is 29.3 Å². The topological polar surface area (TPSA) is 49.3 Å². The van der Waals surface area contributed by atoms with Gasteiger partial charge < -0.3 is 10.4 Å². The third-order valence-electron chi connectivity index (χ3n) is 4.84. The largest absolute Gasteiger partial charge is 0.508 e. The van der Waals surface area contributed by atoms with Crippen LogP contribution in [-0.2, 0) is 17.6 Å². The lowest BCUT2D eigenvalue weighted by atomic mass is 9.80. The summed E-state index contributed by atoms with van der Waals surface area (Å²) in [5, 5.41) is 13.6. The monoisotopic (exact) mass is 313 g/mol. The predicted molar refractivity (Wildman–Crippen MR) is 88.7 cm³/mol. The molecule has 1 aliphatic carbocycles. The summed E-state index contributed by atoms with van der Waals surface area (Å²) in [7, 11) is 0. The number of hydrogen-bond acceptors (Lipinski definition) is 3. The van der Waals surface area contributed by atoms with Crippen molar-refractivity contribution in [3.63, 3.8) is 0 Å². The van der Waals surface area contributed by atoms with Crippen molar-refractivity contribution >= 4 is 22.2 Å². The van der Waals surface area contributed by atoms with Crippen molar-refractivity contribution in [1.82, 2.24) is 0 Å². The number of phenols is 1. The zero-order chi connectivity index (χ0) is 15.3. The molecule has 2 atom stereocenters. The average Bonchev–Trinajstić information content (AvgIpc) is 2.84. The van der Waals surface area contributed by atoms with E-state index in [1.807, 2.05) is 12.1 Å². The van der Waals surface area contributed by atoms with Crippen LogP contribution >= 0.6 is 11.3 Å². The maximum atomic E-state index is 12.1. The Kier molecular flexibility index (Phi) is 3.22. The van der Waals surface area contributed by atoms with Gasteiger partial charge in [-0.05, 0) is 54.0 Å². The van der Waals surface area contributed by atoms with E-state index in [0.29, 0.717) is 6.42 Å². The van der Waals surface area contributed by atoms with Crippen molar-refractivity contribution in [2.75, 3.05) is 5.32 Å². The molecule has 2 aliphatic rings. The van der Waals surface area contributed by atoms with Crippen LogP contribution < -0.4 is 5.32 Å². The van der Waals surface area contributed by atoms with Gasteiger partial charge in [0, 0.05) is 17.2 Å². The molecule has 0 radical (unpaired) electrons. The standard InChI is InChI=1S/C18H19NO2S/c1-10-2-7-13-15(8-10)22-18-17(13)14(9-16(21)19-18)11-3-5-12(20)6-4-11/h3-6,10,14,20H,2,7-9H2,1H3,(H,19,21)/t10-,14-/m1/s1. The van der Waals surface area contributed by atoms with Gasteiger partial charge in [0.05, 0.1) is 5.00 Å². The molecule has 1 aromatic heterocycles. The van der Waals surface area contributed by atoms with Crippen LogP contribution in [0.4, 0.5) is 5.00 Å². The van der Waals surface area contributed by atoms with Crippen LogP contribution in [0.1, 0.15) is 47.3 Å². The molecule has 0 bridgehead atoms. The van der Waals surface area contributed by atoms with E-state index in [1.54, 1.807) is 23.5 Å². The van der Waals surface area contributed by atoms with E-state index >= 15 is 0 Å². The molecule has 0 spiro atoms. The van der Waals surface area contributed by atoms with Gasteiger partial charge >= 0.3 is 0 Å². The highest BCUT2D eigenvalue weighted by molar-refractivity contribution is 7.16. The van der Waals surface area contributed by atoms with Crippen molar-refractivity contribution in [2.24, 2.45) is 5.92 Å². The van der Waals surface area contributed by atoms with Gasteiger partial charge in [0.1, 0.15) is 5.75 Å². The average molecular weight is 313 g/mol. The molecule has 4 rings (SSSR count). The smallest absolute Gasteiger partial charge is 0.225 e. The number of aromatic hydroxyl groups is 1. The maximum Gasteiger partial charge on any atom is 0.225 e. The molecule has 0 fully saturated rings. The Morgan fingerprint density at radius 1 is 1.23 bits per heavy atom. The fraction of sp³-hybridized carbons (Fsp3) is 0.389. The quantitative estimate of drug-likeness (QED) is 0.834. The molecule has 4 heteroatoms. The third-order valence-corrected chi connectivity index (χ3v) is 6.02. The molecule has 1 aromatic carbocycles. The van der Waals surface area contributed by atoms with E-state index in [-0.39, 0.29) is 17.6 Å². The normalized spacial score (nSPS) is 23.6. The number of hydrogen-bond donors (Lipinski definition) is 2. The van der Waals surface area contributed by atoms with Crippen molar-refractivity contribution in [1.29, 1.82) is 0 Å². The zero-order valence-corrected chi connectivity index (χ0v) is 13.4. The summed E-state index contributed by atoms with van der Waals surface area (Å²) in [4.78, 5) is 13.6. The molecule has 1 amide bonds. The number of phenolic OH excluding ortho intramolecular Hbond substituents is 1. The van der Waals surface area contributed by atoms with Gasteiger partial charge in [0.2, 0.25) is 5.91 Å². The minimum absolute atomic E-state index is 0.0946. The van der Waals surface area contributed by atoms with Crippen LogP contribution in [0.25, 0.3) is 0 Å². The molecule has 3 nitrogen and oxygen atoms in total. The zero-order valence-electron chi connectivity index (χ0n) is 12.6. The molecule has 2 N–H and O–H groups in total. The van der Waals surface area contributed by atoms with E-state index in [4.69, 9.17) is 0 Å². The highest BCUT2D eigenvalue weighted by Crippen LogP contribution is 2.48. The minimum Gasteiger partial charge on any atom is -0.508 e. The Morgan fingerprint density at radius 2 is 2.00 bits per heavy atom. The summed E-state index contributed by atoms with van der Waals surface area (Å²) in [6.45, 7) is 2.30. The lowest BCUT2D eigenvalue weighted by Crippen LogP contribution is -2.23. The Hall–Kier alpha value is -1.81. The number of thiophene rings is 1. The van der Waals surface area contributed by atoms with E-state index in [2.05, 4.69) is 12.2 Å². The van der Waals surface area contributed by atoms with Crippen LogP contribution in [0.15, 0.2) is 24.3 Å². The first-order chi connectivity index (χ1) is 10.6. The number of rotatable bonds is 1. The molecule has 114 valence electrons. The third kappa shape index (κ3) is 2.22. The fourth-order valence-electron chi connectivity index (χ4n) is 3.69. The van der Waals surface area contributed by atoms with Gasteiger partial charge in [-0.1, -0.05) is 19.1 Å². The van der Waals surface area contributed by atoms with Gasteiger partial charge in [0.25, 0.3) is 0 Å². The summed E-state index contributed by atoms with van der Waals surface area (Å²) in [5.74, 6) is 1.22. The number of carbonyl (C=O) groups is 1. The van der Waals surface area contributed by atoms with E-state index < -0.39 is 0 Å². The molecule has 2 heterocycles. The Bertz CT molecular complexity index is 732. The Labute approximate surface area is 134 Å². The number of benzene rings is 1. The van der Waals surface area contributed by atoms with Crippen LogP contribution in [0.2, 0.25) is 0 Å². The maximum absolute atomic E-state index is 12.1. The SMILES string of the molecule is C[C@@H]1CCc2c(sc3c2[C@@H](c2ccc(O)cc2)CC(=O)N3)C1. The number of amides is 1. The number of fused-ring (bicyclic) bond motifs is 3. The van der Waals surface area contributed by atoms with Gasteiger partial charge in [-0.2, -0.15) is 0 Å². The van der Waals surface area contributed by atoms with Crippen LogP contribution in [0.3, 0.4) is 0 Å². The second kappa shape index (κ2) is 5.13. The first kappa shape index (κ1) is 13.8. The predicted octanol–water partition coefficient (Wildman–Crippen LogP) is 4.05. The molecule has 22 heavy (non-hydrogen) atoms. The minimum atomic E-state index is 0.0946. The van der Waals surface area contributed by atoms with Crippen molar-refractivity contribution in [2.45, 2.75) is 38.5 Å². The van der Waals surface area contributed by atoms with Gasteiger partial charge in [-0.15, -0.1) is 11.3 Å². The highest BCUT2D eigenvalue weighted by Gasteiger charge is 2.34. The highest BCUT2D eigenvalue weighted by atomic mass is 32.1. The fourth-order valence-corrected chi connectivity index (χ4v) is 5.18. The Morgan fingerprint density at radius 3 is 2.77 bits per heavy atom. The number of nitrogens with one attached hydrogen (secondary N) is 1. The molecule has 0 saturated heterocycles. The molecule has 1 aliphatic heterocycles. The van der Waals surface area contributed by atoms with E-state index in [9.17, 15) is 9.90 Å². The first-order valence-electron chi connectivity index (χ1n) is 7.85. The molecule has 0 saturated carbocycles. The van der Waals surface area contributed by atoms with Crippen LogP contribution in [0, 0.1) is 5.92 Å². The summed E-state index contributed by atoms with van der Waals surface area (Å²) in [6.07, 6.45) is 3.97. The second-order valence-electron chi connectivity index (χ2n) is 6.49. The van der Waals surface area contributed by atoms with Crippen LogP contribution in [-0.4, -0.2) is 11.0 Å². The van der Waals surface area contributed by atoms with Crippen LogP contribution in [0.5, 0.6) is 5.75 Å². The summed E-state index contributed by atoms with van der Waals surface area (Å²) >= 11 is 1.77. The summed E-state index contributed by atoms with van der Waals surface area (Å²) in [6, 6.07) is 7.31. The van der Waals surface area contributed by atoms with Gasteiger partial charge in [-0.25, -0.2) is 0 Å². The first-order valence-corrected chi connectivity index (χ1v) is 8.66. The lowest BCUT2D eigenvalue weighted by molar-refractivity contribution is -0.116. The second-order valence-corrected chi connectivity index (χ2v) is 7.60. The van der Waals surface area contributed by atoms with Crippen molar-refractivity contribution < 1.29 is 9.90 Å². The number of carbonyl (C=O) groups excluding carboxylic acids is 1. The lowest BCUT2D eigenvalue weighted by Gasteiger charge is -2.26. The molecular weight excluding hydrogens is 294 g/mol. The Balaban J connectivity index is 1.82. The molecule has 2 aromatic rings. The molecular formula is C18H19NO2S.